The molecule has 0 bridgehead atoms. The van der Waals surface area contributed by atoms with E-state index in [4.69, 9.17) is 9.84 Å². The summed E-state index contributed by atoms with van der Waals surface area (Å²) in [7, 11) is 0. The summed E-state index contributed by atoms with van der Waals surface area (Å²) in [6.07, 6.45) is 1.20. The fourth-order valence-electron chi connectivity index (χ4n) is 2.44. The SMILES string of the molecule is CC1CN(Cc2cc(F)cc(C#CCO)c2)CCCO1. The topological polar surface area (TPSA) is 32.7 Å². The van der Waals surface area contributed by atoms with Crippen molar-refractivity contribution < 1.29 is 14.2 Å². The van der Waals surface area contributed by atoms with Crippen molar-refractivity contribution in [2.75, 3.05) is 26.3 Å². The van der Waals surface area contributed by atoms with Crippen LogP contribution in [0.25, 0.3) is 0 Å². The van der Waals surface area contributed by atoms with Gasteiger partial charge < -0.3 is 9.84 Å². The van der Waals surface area contributed by atoms with E-state index in [-0.39, 0.29) is 18.5 Å². The molecule has 1 N–H and O–H groups in total. The highest BCUT2D eigenvalue weighted by Crippen LogP contribution is 2.14. The third-order valence-electron chi connectivity index (χ3n) is 3.21. The van der Waals surface area contributed by atoms with Gasteiger partial charge in [-0.05, 0) is 37.1 Å². The number of hydrogen-bond acceptors (Lipinski definition) is 3. The van der Waals surface area contributed by atoms with Gasteiger partial charge in [-0.1, -0.05) is 11.8 Å². The molecule has 0 spiro atoms. The summed E-state index contributed by atoms with van der Waals surface area (Å²) >= 11 is 0. The van der Waals surface area contributed by atoms with E-state index in [0.29, 0.717) is 12.1 Å². The molecule has 1 aromatic rings. The summed E-state index contributed by atoms with van der Waals surface area (Å²) in [6.45, 7) is 5.13. The third-order valence-corrected chi connectivity index (χ3v) is 3.21. The van der Waals surface area contributed by atoms with Gasteiger partial charge in [-0.25, -0.2) is 4.39 Å². The predicted molar refractivity (Wildman–Crippen MR) is 75.7 cm³/mol. The van der Waals surface area contributed by atoms with E-state index < -0.39 is 0 Å². The van der Waals surface area contributed by atoms with Gasteiger partial charge in [0.05, 0.1) is 6.10 Å². The Hall–Kier alpha value is -1.41. The lowest BCUT2D eigenvalue weighted by Gasteiger charge is -2.21. The van der Waals surface area contributed by atoms with E-state index in [1.165, 1.54) is 6.07 Å². The Bertz CT molecular complexity index is 507. The first kappa shape index (κ1) is 15.0. The first-order chi connectivity index (χ1) is 9.67. The van der Waals surface area contributed by atoms with Crippen LogP contribution in [0.3, 0.4) is 0 Å². The quantitative estimate of drug-likeness (QED) is 0.836. The largest absolute Gasteiger partial charge is 0.384 e. The van der Waals surface area contributed by atoms with Gasteiger partial charge in [-0.2, -0.15) is 0 Å². The molecule has 0 aromatic heterocycles. The molecule has 3 nitrogen and oxygen atoms in total. The van der Waals surface area contributed by atoms with Crippen molar-refractivity contribution in [1.29, 1.82) is 0 Å². The lowest BCUT2D eigenvalue weighted by atomic mass is 10.1. The Kier molecular flexibility index (Phi) is 5.54. The molecule has 20 heavy (non-hydrogen) atoms. The molecule has 1 aliphatic rings. The number of rotatable bonds is 2. The van der Waals surface area contributed by atoms with Crippen LogP contribution >= 0.6 is 0 Å². The Labute approximate surface area is 119 Å². The molecule has 1 unspecified atom stereocenters. The van der Waals surface area contributed by atoms with Gasteiger partial charge in [0.15, 0.2) is 0 Å². The Morgan fingerprint density at radius 3 is 3.10 bits per heavy atom. The second-order valence-electron chi connectivity index (χ2n) is 5.08. The zero-order valence-electron chi connectivity index (χ0n) is 11.7. The van der Waals surface area contributed by atoms with Crippen LogP contribution < -0.4 is 0 Å². The third kappa shape index (κ3) is 4.61. The highest BCUT2D eigenvalue weighted by Gasteiger charge is 2.15. The van der Waals surface area contributed by atoms with Crippen molar-refractivity contribution in [1.82, 2.24) is 4.90 Å². The molecule has 1 heterocycles. The van der Waals surface area contributed by atoms with Crippen LogP contribution in [0.2, 0.25) is 0 Å². The Balaban J connectivity index is 2.09. The van der Waals surface area contributed by atoms with Gasteiger partial charge in [-0.3, -0.25) is 4.90 Å². The number of ether oxygens (including phenoxy) is 1. The first-order valence-corrected chi connectivity index (χ1v) is 6.90. The molecule has 2 rings (SSSR count). The first-order valence-electron chi connectivity index (χ1n) is 6.90. The van der Waals surface area contributed by atoms with E-state index in [9.17, 15) is 4.39 Å². The number of halogens is 1. The van der Waals surface area contributed by atoms with E-state index >= 15 is 0 Å². The Morgan fingerprint density at radius 2 is 2.30 bits per heavy atom. The summed E-state index contributed by atoms with van der Waals surface area (Å²) in [4.78, 5) is 2.27. The molecule has 0 aliphatic carbocycles. The van der Waals surface area contributed by atoms with E-state index in [1.807, 2.05) is 6.07 Å². The minimum atomic E-state index is -0.288. The lowest BCUT2D eigenvalue weighted by Crippen LogP contribution is -2.29. The summed E-state index contributed by atoms with van der Waals surface area (Å²) in [6, 6.07) is 4.81. The molecule has 1 aliphatic heterocycles. The second-order valence-corrected chi connectivity index (χ2v) is 5.08. The van der Waals surface area contributed by atoms with E-state index in [0.717, 1.165) is 31.7 Å². The molecule has 0 amide bonds. The van der Waals surface area contributed by atoms with Crippen LogP contribution in [0.1, 0.15) is 24.5 Å². The van der Waals surface area contributed by atoms with Crippen molar-refractivity contribution >= 4 is 0 Å². The fraction of sp³-hybridized carbons (Fsp3) is 0.500. The second kappa shape index (κ2) is 7.39. The van der Waals surface area contributed by atoms with Crippen molar-refractivity contribution in [2.45, 2.75) is 26.0 Å². The number of benzene rings is 1. The highest BCUT2D eigenvalue weighted by atomic mass is 19.1. The summed E-state index contributed by atoms with van der Waals surface area (Å²) in [5, 5.41) is 8.70. The van der Waals surface area contributed by atoms with Gasteiger partial charge in [0.2, 0.25) is 0 Å². The minimum Gasteiger partial charge on any atom is -0.384 e. The van der Waals surface area contributed by atoms with Gasteiger partial charge in [0.1, 0.15) is 12.4 Å². The van der Waals surface area contributed by atoms with Crippen molar-refractivity contribution in [3.63, 3.8) is 0 Å². The zero-order chi connectivity index (χ0) is 14.4. The molecule has 108 valence electrons. The zero-order valence-corrected chi connectivity index (χ0v) is 11.7. The Morgan fingerprint density at radius 1 is 1.45 bits per heavy atom. The minimum absolute atomic E-state index is 0.208. The maximum Gasteiger partial charge on any atom is 0.124 e. The van der Waals surface area contributed by atoms with Crippen LogP contribution in [0.15, 0.2) is 18.2 Å². The molecule has 1 aromatic carbocycles. The van der Waals surface area contributed by atoms with Crippen LogP contribution in [0, 0.1) is 17.7 Å². The van der Waals surface area contributed by atoms with Crippen molar-refractivity contribution in [2.24, 2.45) is 0 Å². The standard InChI is InChI=1S/C16H20FNO2/c1-13-11-18(5-3-7-20-13)12-15-8-14(4-2-6-19)9-16(17)10-15/h8-10,13,19H,3,5-7,11-12H2,1H3. The van der Waals surface area contributed by atoms with Crippen LogP contribution in [0.4, 0.5) is 4.39 Å². The maximum absolute atomic E-state index is 13.6. The van der Waals surface area contributed by atoms with Gasteiger partial charge in [-0.15, -0.1) is 0 Å². The summed E-state index contributed by atoms with van der Waals surface area (Å²) in [5.41, 5.74) is 1.51. The van der Waals surface area contributed by atoms with Crippen LogP contribution in [0.5, 0.6) is 0 Å². The molecule has 1 fully saturated rings. The number of nitrogens with zero attached hydrogens (tertiary/aromatic N) is 1. The molecular formula is C16H20FNO2. The number of aliphatic hydroxyl groups is 1. The summed E-state index contributed by atoms with van der Waals surface area (Å²) in [5.74, 6) is 5.01. The normalized spacial score (nSPS) is 20.1. The molecule has 1 atom stereocenters. The number of aliphatic hydroxyl groups excluding tert-OH is 1. The highest BCUT2D eigenvalue weighted by molar-refractivity contribution is 5.37. The van der Waals surface area contributed by atoms with Gasteiger partial charge in [0, 0.05) is 31.8 Å². The summed E-state index contributed by atoms with van der Waals surface area (Å²) < 4.78 is 19.2. The van der Waals surface area contributed by atoms with Gasteiger partial charge in [0.25, 0.3) is 0 Å². The lowest BCUT2D eigenvalue weighted by molar-refractivity contribution is 0.0668. The van der Waals surface area contributed by atoms with Crippen molar-refractivity contribution in [3.05, 3.63) is 35.1 Å². The average molecular weight is 277 g/mol. The van der Waals surface area contributed by atoms with Crippen LogP contribution in [-0.4, -0.2) is 42.4 Å². The average Bonchev–Trinajstić information content (AvgIpc) is 2.60. The van der Waals surface area contributed by atoms with Gasteiger partial charge >= 0.3 is 0 Å². The fourth-order valence-corrected chi connectivity index (χ4v) is 2.44. The monoisotopic (exact) mass is 277 g/mol. The van der Waals surface area contributed by atoms with Crippen molar-refractivity contribution in [3.8, 4) is 11.8 Å². The maximum atomic E-state index is 13.6. The molecule has 4 heteroatoms. The van der Waals surface area contributed by atoms with E-state index in [1.54, 1.807) is 6.07 Å². The van der Waals surface area contributed by atoms with Crippen LogP contribution in [-0.2, 0) is 11.3 Å². The predicted octanol–water partition coefficient (Wildman–Crippen LogP) is 1.78. The number of hydrogen-bond donors (Lipinski definition) is 1. The molecule has 1 saturated heterocycles. The smallest absolute Gasteiger partial charge is 0.124 e. The molecule has 0 radical (unpaired) electrons. The van der Waals surface area contributed by atoms with E-state index in [2.05, 4.69) is 23.7 Å². The molecular weight excluding hydrogens is 257 g/mol. The molecule has 0 saturated carbocycles.